The third kappa shape index (κ3) is 2.34. The van der Waals surface area contributed by atoms with Gasteiger partial charge in [-0.15, -0.1) is 22.7 Å². The molecule has 1 aliphatic carbocycles. The predicted molar refractivity (Wildman–Crippen MR) is 88.3 cm³/mol. The van der Waals surface area contributed by atoms with Gasteiger partial charge in [0.05, 0.1) is 11.6 Å². The Bertz CT molecular complexity index is 644. The predicted octanol–water partition coefficient (Wildman–Crippen LogP) is 4.67. The van der Waals surface area contributed by atoms with E-state index < -0.39 is 0 Å². The molecule has 2 aromatic rings. The first-order chi connectivity index (χ1) is 10.3. The van der Waals surface area contributed by atoms with E-state index >= 15 is 0 Å². The highest BCUT2D eigenvalue weighted by Crippen LogP contribution is 2.38. The number of likely N-dealkylation sites (tertiary alicyclic amines) is 1. The molecule has 2 nitrogen and oxygen atoms in total. The van der Waals surface area contributed by atoms with Gasteiger partial charge in [0.1, 0.15) is 0 Å². The van der Waals surface area contributed by atoms with Crippen LogP contribution in [0.25, 0.3) is 0 Å². The molecule has 21 heavy (non-hydrogen) atoms. The quantitative estimate of drug-likeness (QED) is 0.788. The molecule has 1 amide bonds. The standard InChI is InChI=1S/C17H19NOS2/c19-17(13-11-21-15-7-2-1-5-12(13)15)18-9-3-6-14(18)16-8-4-10-20-16/h4,8,10-11,14H,1-3,5-7,9H2. The fraction of sp³-hybridized carbons (Fsp3) is 0.471. The van der Waals surface area contributed by atoms with E-state index in [4.69, 9.17) is 0 Å². The van der Waals surface area contributed by atoms with Gasteiger partial charge in [0.25, 0.3) is 5.91 Å². The molecule has 0 aromatic carbocycles. The minimum absolute atomic E-state index is 0.269. The smallest absolute Gasteiger partial charge is 0.255 e. The van der Waals surface area contributed by atoms with Gasteiger partial charge in [-0.05, 0) is 55.5 Å². The second kappa shape index (κ2) is 5.58. The first kappa shape index (κ1) is 13.5. The van der Waals surface area contributed by atoms with Gasteiger partial charge in [-0.25, -0.2) is 0 Å². The summed E-state index contributed by atoms with van der Waals surface area (Å²) in [5, 5.41) is 4.23. The average molecular weight is 317 g/mol. The molecule has 0 saturated carbocycles. The Morgan fingerprint density at radius 1 is 1.19 bits per heavy atom. The minimum Gasteiger partial charge on any atom is -0.331 e. The zero-order chi connectivity index (χ0) is 14.2. The first-order valence-corrected chi connectivity index (χ1v) is 9.54. The van der Waals surface area contributed by atoms with Crippen LogP contribution in [0.5, 0.6) is 0 Å². The number of hydrogen-bond acceptors (Lipinski definition) is 3. The molecule has 1 atom stereocenters. The Kier molecular flexibility index (Phi) is 3.59. The molecular formula is C17H19NOS2. The van der Waals surface area contributed by atoms with Crippen molar-refractivity contribution in [1.82, 2.24) is 4.90 Å². The highest BCUT2D eigenvalue weighted by Gasteiger charge is 2.33. The average Bonchev–Trinajstić information content (AvgIpc) is 3.25. The summed E-state index contributed by atoms with van der Waals surface area (Å²) in [4.78, 5) is 17.9. The summed E-state index contributed by atoms with van der Waals surface area (Å²) in [6, 6.07) is 4.56. The Morgan fingerprint density at radius 3 is 2.95 bits per heavy atom. The number of carbonyl (C=O) groups is 1. The van der Waals surface area contributed by atoms with Gasteiger partial charge < -0.3 is 4.90 Å². The van der Waals surface area contributed by atoms with Crippen molar-refractivity contribution in [1.29, 1.82) is 0 Å². The first-order valence-electron chi connectivity index (χ1n) is 7.78. The Labute approximate surface area is 133 Å². The number of amides is 1. The molecule has 3 heterocycles. The molecule has 4 rings (SSSR count). The lowest BCUT2D eigenvalue weighted by molar-refractivity contribution is 0.0737. The topological polar surface area (TPSA) is 20.3 Å². The molecule has 110 valence electrons. The van der Waals surface area contributed by atoms with Crippen molar-refractivity contribution in [3.05, 3.63) is 43.8 Å². The van der Waals surface area contributed by atoms with E-state index in [9.17, 15) is 4.79 Å². The summed E-state index contributed by atoms with van der Waals surface area (Å²) in [6.07, 6.45) is 7.01. The monoisotopic (exact) mass is 317 g/mol. The number of rotatable bonds is 2. The number of nitrogens with zero attached hydrogens (tertiary/aromatic N) is 1. The molecule has 1 saturated heterocycles. The lowest BCUT2D eigenvalue weighted by Crippen LogP contribution is -2.30. The van der Waals surface area contributed by atoms with Gasteiger partial charge in [0.2, 0.25) is 0 Å². The number of thiophene rings is 2. The molecule has 1 aliphatic heterocycles. The van der Waals surface area contributed by atoms with Crippen LogP contribution in [0.3, 0.4) is 0 Å². The number of carbonyl (C=O) groups excluding carboxylic acids is 1. The van der Waals surface area contributed by atoms with Crippen LogP contribution in [0.4, 0.5) is 0 Å². The van der Waals surface area contributed by atoms with Gasteiger partial charge in [0.15, 0.2) is 0 Å². The van der Waals surface area contributed by atoms with Gasteiger partial charge in [-0.3, -0.25) is 4.79 Å². The maximum atomic E-state index is 13.0. The molecule has 0 spiro atoms. The Hall–Kier alpha value is -1.13. The highest BCUT2D eigenvalue weighted by molar-refractivity contribution is 7.10. The summed E-state index contributed by atoms with van der Waals surface area (Å²) in [6.45, 7) is 0.909. The number of aryl methyl sites for hydroxylation is 1. The molecule has 1 unspecified atom stereocenters. The second-order valence-corrected chi connectivity index (χ2v) is 7.87. The SMILES string of the molecule is O=C(c1csc2c1CCCC2)N1CCCC1c1cccs1. The Morgan fingerprint density at radius 2 is 2.10 bits per heavy atom. The zero-order valence-corrected chi connectivity index (χ0v) is 13.6. The maximum Gasteiger partial charge on any atom is 0.255 e. The van der Waals surface area contributed by atoms with E-state index in [1.807, 2.05) is 0 Å². The Balaban J connectivity index is 1.63. The van der Waals surface area contributed by atoms with Crippen LogP contribution < -0.4 is 0 Å². The van der Waals surface area contributed by atoms with E-state index in [-0.39, 0.29) is 5.91 Å². The van der Waals surface area contributed by atoms with Gasteiger partial charge in [0, 0.05) is 21.7 Å². The summed E-state index contributed by atoms with van der Waals surface area (Å²) in [5.74, 6) is 0.269. The molecule has 0 radical (unpaired) electrons. The molecular weight excluding hydrogens is 298 g/mol. The summed E-state index contributed by atoms with van der Waals surface area (Å²) in [7, 11) is 0. The number of hydrogen-bond donors (Lipinski definition) is 0. The molecule has 2 aromatic heterocycles. The van der Waals surface area contributed by atoms with Crippen molar-refractivity contribution >= 4 is 28.6 Å². The molecule has 0 N–H and O–H groups in total. The van der Waals surface area contributed by atoms with Gasteiger partial charge in [-0.1, -0.05) is 6.07 Å². The van der Waals surface area contributed by atoms with E-state index in [2.05, 4.69) is 27.8 Å². The maximum absolute atomic E-state index is 13.0. The lowest BCUT2D eigenvalue weighted by atomic mass is 9.95. The van der Waals surface area contributed by atoms with E-state index in [1.54, 1.807) is 22.7 Å². The van der Waals surface area contributed by atoms with Crippen molar-refractivity contribution in [3.63, 3.8) is 0 Å². The van der Waals surface area contributed by atoms with Gasteiger partial charge >= 0.3 is 0 Å². The van der Waals surface area contributed by atoms with Crippen LogP contribution in [-0.4, -0.2) is 17.4 Å². The molecule has 4 heteroatoms. The summed E-state index contributed by atoms with van der Waals surface area (Å²) < 4.78 is 0. The van der Waals surface area contributed by atoms with E-state index in [0.29, 0.717) is 6.04 Å². The van der Waals surface area contributed by atoms with Crippen LogP contribution in [-0.2, 0) is 12.8 Å². The third-order valence-corrected chi connectivity index (χ3v) is 6.74. The lowest BCUT2D eigenvalue weighted by Gasteiger charge is -2.24. The van der Waals surface area contributed by atoms with Crippen LogP contribution in [0.1, 0.15) is 57.4 Å². The molecule has 1 fully saturated rings. The largest absolute Gasteiger partial charge is 0.331 e. The zero-order valence-electron chi connectivity index (χ0n) is 12.0. The van der Waals surface area contributed by atoms with Crippen LogP contribution >= 0.6 is 22.7 Å². The summed E-state index contributed by atoms with van der Waals surface area (Å²) >= 11 is 3.57. The van der Waals surface area contributed by atoms with Crippen molar-refractivity contribution < 1.29 is 4.79 Å². The van der Waals surface area contributed by atoms with E-state index in [1.165, 1.54) is 34.6 Å². The van der Waals surface area contributed by atoms with E-state index in [0.717, 1.165) is 31.4 Å². The minimum atomic E-state index is 0.269. The fourth-order valence-corrected chi connectivity index (χ4v) is 5.61. The van der Waals surface area contributed by atoms with Crippen molar-refractivity contribution in [2.45, 2.75) is 44.6 Å². The second-order valence-electron chi connectivity index (χ2n) is 5.93. The number of fused-ring (bicyclic) bond motifs is 1. The van der Waals surface area contributed by atoms with Crippen LogP contribution in [0, 0.1) is 0 Å². The highest BCUT2D eigenvalue weighted by atomic mass is 32.1. The van der Waals surface area contributed by atoms with Crippen LogP contribution in [0.15, 0.2) is 22.9 Å². The van der Waals surface area contributed by atoms with Crippen LogP contribution in [0.2, 0.25) is 0 Å². The molecule has 2 aliphatic rings. The third-order valence-electron chi connectivity index (χ3n) is 4.68. The van der Waals surface area contributed by atoms with Gasteiger partial charge in [-0.2, -0.15) is 0 Å². The van der Waals surface area contributed by atoms with Crippen molar-refractivity contribution in [2.75, 3.05) is 6.54 Å². The van der Waals surface area contributed by atoms with Crippen molar-refractivity contribution in [3.8, 4) is 0 Å². The fourth-order valence-electron chi connectivity index (χ4n) is 3.61. The summed E-state index contributed by atoms with van der Waals surface area (Å²) in [5.41, 5.74) is 2.35. The molecule has 0 bridgehead atoms. The van der Waals surface area contributed by atoms with Crippen molar-refractivity contribution in [2.24, 2.45) is 0 Å². The normalized spacial score (nSPS) is 21.5.